The molecule has 0 radical (unpaired) electrons. The lowest BCUT2D eigenvalue weighted by Gasteiger charge is -2.15. The van der Waals surface area contributed by atoms with Gasteiger partial charge in [-0.1, -0.05) is 17.7 Å². The third kappa shape index (κ3) is 8.94. The van der Waals surface area contributed by atoms with Crippen molar-refractivity contribution in [2.75, 3.05) is 31.6 Å². The first-order valence-corrected chi connectivity index (χ1v) is 9.99. The van der Waals surface area contributed by atoms with Crippen LogP contribution in [0.2, 0.25) is 5.02 Å². The number of nitrogens with zero attached hydrogens (tertiary/aromatic N) is 1. The number of phenolic OH excluding ortho intramolecular Hbond substituents is 1. The number of phenols is 1. The minimum absolute atomic E-state index is 0.180. The third-order valence-corrected chi connectivity index (χ3v) is 4.84. The molecule has 3 rings (SSSR count). The van der Waals surface area contributed by atoms with E-state index in [0.717, 1.165) is 30.2 Å². The zero-order chi connectivity index (χ0) is 22.9. The highest BCUT2D eigenvalue weighted by Crippen LogP contribution is 2.23. The number of benzene rings is 2. The Hall–Kier alpha value is -2.65. The maximum absolute atomic E-state index is 10.6. The van der Waals surface area contributed by atoms with Crippen molar-refractivity contribution in [2.45, 2.75) is 25.6 Å². The summed E-state index contributed by atoms with van der Waals surface area (Å²) in [5.74, 6) is -1.69. The van der Waals surface area contributed by atoms with Gasteiger partial charge >= 0.3 is 12.1 Å². The number of ether oxygens (including phenoxy) is 1. The number of likely N-dealkylation sites (tertiary alicyclic amines) is 1. The molecule has 10 heteroatoms. The number of nitrogens with one attached hydrogen (secondary N) is 1. The molecule has 1 aliphatic rings. The van der Waals surface area contributed by atoms with Gasteiger partial charge in [0.15, 0.2) is 0 Å². The molecule has 0 aliphatic carbocycles. The van der Waals surface area contributed by atoms with Crippen LogP contribution in [-0.2, 0) is 11.3 Å². The van der Waals surface area contributed by atoms with Crippen molar-refractivity contribution in [3.8, 4) is 11.5 Å². The number of aromatic hydroxyl groups is 1. The molecule has 0 amide bonds. The number of anilines is 1. The smallest absolute Gasteiger partial charge is 0.490 e. The Bertz CT molecular complexity index is 842. The summed E-state index contributed by atoms with van der Waals surface area (Å²) in [5, 5.41) is 20.4. The zero-order valence-corrected chi connectivity index (χ0v) is 17.4. The first-order valence-electron chi connectivity index (χ1n) is 9.62. The molecule has 1 fully saturated rings. The maximum atomic E-state index is 10.6. The molecule has 2 aromatic carbocycles. The summed E-state index contributed by atoms with van der Waals surface area (Å²) in [4.78, 5) is 11.3. The normalized spacial score (nSPS) is 13.9. The van der Waals surface area contributed by atoms with Crippen LogP contribution in [0.25, 0.3) is 0 Å². The zero-order valence-electron chi connectivity index (χ0n) is 16.7. The van der Waals surface area contributed by atoms with E-state index in [9.17, 15) is 18.3 Å². The fraction of sp³-hybridized carbons (Fsp3) is 0.381. The van der Waals surface area contributed by atoms with Crippen LogP contribution in [-0.4, -0.2) is 53.5 Å². The molecular formula is C21H24ClF3N2O4. The second kappa shape index (κ2) is 11.7. The monoisotopic (exact) mass is 460 g/mol. The molecule has 6 nitrogen and oxygen atoms in total. The number of alkyl halides is 3. The molecule has 0 saturated carbocycles. The van der Waals surface area contributed by atoms with Gasteiger partial charge in [0.25, 0.3) is 0 Å². The second-order valence-corrected chi connectivity index (χ2v) is 7.26. The van der Waals surface area contributed by atoms with E-state index in [4.69, 9.17) is 26.2 Å². The summed E-state index contributed by atoms with van der Waals surface area (Å²) in [6.45, 7) is 4.74. The number of hydrogen-bond donors (Lipinski definition) is 3. The van der Waals surface area contributed by atoms with Gasteiger partial charge in [0, 0.05) is 23.8 Å². The Kier molecular flexibility index (Phi) is 9.26. The molecule has 0 atom stereocenters. The molecule has 1 heterocycles. The molecule has 31 heavy (non-hydrogen) atoms. The quantitative estimate of drug-likeness (QED) is 0.552. The van der Waals surface area contributed by atoms with E-state index in [2.05, 4.69) is 10.2 Å². The maximum Gasteiger partial charge on any atom is 0.490 e. The van der Waals surface area contributed by atoms with E-state index < -0.39 is 12.1 Å². The number of carboxylic acids is 1. The van der Waals surface area contributed by atoms with E-state index >= 15 is 0 Å². The van der Waals surface area contributed by atoms with Crippen LogP contribution >= 0.6 is 11.6 Å². The summed E-state index contributed by atoms with van der Waals surface area (Å²) in [5.41, 5.74) is 1.95. The number of rotatable bonds is 7. The van der Waals surface area contributed by atoms with Gasteiger partial charge in [-0.2, -0.15) is 13.2 Å². The lowest BCUT2D eigenvalue weighted by Crippen LogP contribution is -2.25. The molecule has 2 aromatic rings. The predicted octanol–water partition coefficient (Wildman–Crippen LogP) is 4.77. The van der Waals surface area contributed by atoms with E-state index in [-0.39, 0.29) is 5.75 Å². The highest BCUT2D eigenvalue weighted by Gasteiger charge is 2.38. The molecule has 0 unspecified atom stereocenters. The van der Waals surface area contributed by atoms with Crippen molar-refractivity contribution in [3.05, 3.63) is 53.1 Å². The van der Waals surface area contributed by atoms with Crippen LogP contribution in [0.3, 0.4) is 0 Å². The van der Waals surface area contributed by atoms with Crippen molar-refractivity contribution in [1.29, 1.82) is 0 Å². The molecule has 1 saturated heterocycles. The Labute approximate surface area is 183 Å². The Balaban J connectivity index is 0.000000423. The topological polar surface area (TPSA) is 82.0 Å². The largest absolute Gasteiger partial charge is 0.508 e. The highest BCUT2D eigenvalue weighted by atomic mass is 35.5. The van der Waals surface area contributed by atoms with Crippen LogP contribution in [0.1, 0.15) is 18.4 Å². The molecule has 0 aromatic heterocycles. The Morgan fingerprint density at radius 1 is 1.13 bits per heavy atom. The van der Waals surface area contributed by atoms with Gasteiger partial charge in [0.2, 0.25) is 0 Å². The van der Waals surface area contributed by atoms with Gasteiger partial charge in [0.05, 0.1) is 0 Å². The van der Waals surface area contributed by atoms with Crippen LogP contribution in [0.5, 0.6) is 11.5 Å². The van der Waals surface area contributed by atoms with Crippen molar-refractivity contribution >= 4 is 23.3 Å². The first kappa shape index (κ1) is 24.6. The number of hydrogen-bond acceptors (Lipinski definition) is 5. The molecule has 3 N–H and O–H groups in total. The number of halogens is 4. The van der Waals surface area contributed by atoms with Crippen LogP contribution in [0.4, 0.5) is 18.9 Å². The molecule has 0 spiro atoms. The Morgan fingerprint density at radius 3 is 2.29 bits per heavy atom. The summed E-state index contributed by atoms with van der Waals surface area (Å²) in [6.07, 6.45) is -2.46. The molecular weight excluding hydrogens is 437 g/mol. The number of carboxylic acid groups (broad SMARTS) is 1. The average Bonchev–Trinajstić information content (AvgIpc) is 3.22. The second-order valence-electron chi connectivity index (χ2n) is 6.85. The highest BCUT2D eigenvalue weighted by molar-refractivity contribution is 6.31. The lowest BCUT2D eigenvalue weighted by molar-refractivity contribution is -0.192. The third-order valence-electron chi connectivity index (χ3n) is 4.49. The van der Waals surface area contributed by atoms with E-state index in [1.807, 2.05) is 30.3 Å². The van der Waals surface area contributed by atoms with Crippen molar-refractivity contribution in [1.82, 2.24) is 4.90 Å². The number of aliphatic carboxylic acids is 1. The van der Waals surface area contributed by atoms with Crippen LogP contribution < -0.4 is 10.1 Å². The summed E-state index contributed by atoms with van der Waals surface area (Å²) < 4.78 is 37.5. The fourth-order valence-electron chi connectivity index (χ4n) is 2.84. The molecule has 1 aliphatic heterocycles. The van der Waals surface area contributed by atoms with E-state index in [1.54, 1.807) is 12.1 Å². The minimum Gasteiger partial charge on any atom is -0.508 e. The lowest BCUT2D eigenvalue weighted by atomic mass is 10.2. The van der Waals surface area contributed by atoms with Gasteiger partial charge in [-0.05, 0) is 67.9 Å². The first-order chi connectivity index (χ1) is 14.6. The van der Waals surface area contributed by atoms with Gasteiger partial charge in [0.1, 0.15) is 18.1 Å². The standard InChI is InChI=1S/C19H23ClN2O2.C2HF3O2/c20-19-13-17(23)6-3-15(19)14-21-16-4-7-18(8-5-16)24-12-11-22-9-1-2-10-22;3-2(4,5)1(6)7/h3-8,13,21,23H,1-2,9-12,14H2;(H,6,7). The average molecular weight is 461 g/mol. The van der Waals surface area contributed by atoms with Crippen molar-refractivity contribution in [2.24, 2.45) is 0 Å². The van der Waals surface area contributed by atoms with E-state index in [1.165, 1.54) is 25.9 Å². The predicted molar refractivity (Wildman–Crippen MR) is 112 cm³/mol. The van der Waals surface area contributed by atoms with Crippen molar-refractivity contribution in [3.63, 3.8) is 0 Å². The van der Waals surface area contributed by atoms with Crippen LogP contribution in [0, 0.1) is 0 Å². The molecule has 170 valence electrons. The molecule has 0 bridgehead atoms. The summed E-state index contributed by atoms with van der Waals surface area (Å²) in [6, 6.07) is 13.0. The summed E-state index contributed by atoms with van der Waals surface area (Å²) in [7, 11) is 0. The van der Waals surface area contributed by atoms with Gasteiger partial charge in [-0.25, -0.2) is 4.79 Å². The van der Waals surface area contributed by atoms with Gasteiger partial charge in [-0.3, -0.25) is 4.90 Å². The van der Waals surface area contributed by atoms with Gasteiger partial charge in [-0.15, -0.1) is 0 Å². The van der Waals surface area contributed by atoms with Gasteiger partial charge < -0.3 is 20.3 Å². The Morgan fingerprint density at radius 2 is 1.74 bits per heavy atom. The minimum atomic E-state index is -5.08. The van der Waals surface area contributed by atoms with E-state index in [0.29, 0.717) is 11.6 Å². The summed E-state index contributed by atoms with van der Waals surface area (Å²) >= 11 is 6.11. The SMILES string of the molecule is O=C(O)C(F)(F)F.Oc1ccc(CNc2ccc(OCCN3CCCC3)cc2)c(Cl)c1. The van der Waals surface area contributed by atoms with Crippen LogP contribution in [0.15, 0.2) is 42.5 Å². The number of carbonyl (C=O) groups is 1. The fourth-order valence-corrected chi connectivity index (χ4v) is 3.09. The van der Waals surface area contributed by atoms with Crippen molar-refractivity contribution < 1.29 is 32.9 Å².